The zero-order valence-corrected chi connectivity index (χ0v) is 12.7. The molecule has 1 fully saturated rings. The third-order valence-corrected chi connectivity index (χ3v) is 3.97. The van der Waals surface area contributed by atoms with Crippen LogP contribution in [-0.2, 0) is 4.74 Å². The van der Waals surface area contributed by atoms with E-state index in [0.717, 1.165) is 30.6 Å². The molecule has 0 saturated heterocycles. The second-order valence-corrected chi connectivity index (χ2v) is 5.59. The van der Waals surface area contributed by atoms with Crippen LogP contribution in [0.15, 0.2) is 24.3 Å². The fourth-order valence-electron chi connectivity index (χ4n) is 2.49. The summed E-state index contributed by atoms with van der Waals surface area (Å²) in [6, 6.07) is 8.08. The molecule has 1 saturated carbocycles. The second-order valence-electron chi connectivity index (χ2n) is 5.59. The molecule has 2 atom stereocenters. The number of nitrogens with two attached hydrogens (primary N) is 1. The van der Waals surface area contributed by atoms with Crippen molar-refractivity contribution in [1.82, 2.24) is 5.43 Å². The molecule has 0 radical (unpaired) electrons. The Balaban J connectivity index is 2.20. The Morgan fingerprint density at radius 1 is 1.40 bits per heavy atom. The van der Waals surface area contributed by atoms with Crippen molar-refractivity contribution in [1.29, 1.82) is 0 Å². The van der Waals surface area contributed by atoms with E-state index in [-0.39, 0.29) is 11.6 Å². The molecule has 112 valence electrons. The zero-order valence-electron chi connectivity index (χ0n) is 12.7. The minimum Gasteiger partial charge on any atom is -0.490 e. The van der Waals surface area contributed by atoms with E-state index in [0.29, 0.717) is 12.7 Å². The summed E-state index contributed by atoms with van der Waals surface area (Å²) in [5.41, 5.74) is 3.68. The van der Waals surface area contributed by atoms with E-state index in [4.69, 9.17) is 15.3 Å². The molecule has 0 heterocycles. The molecule has 4 nitrogen and oxygen atoms in total. The van der Waals surface area contributed by atoms with Crippen LogP contribution >= 0.6 is 0 Å². The largest absolute Gasteiger partial charge is 0.490 e. The van der Waals surface area contributed by atoms with E-state index in [9.17, 15) is 0 Å². The molecule has 3 N–H and O–H groups in total. The van der Waals surface area contributed by atoms with Gasteiger partial charge in [-0.1, -0.05) is 19.1 Å². The van der Waals surface area contributed by atoms with Crippen LogP contribution < -0.4 is 16.0 Å². The maximum absolute atomic E-state index is 5.94. The standard InChI is InChI=1S/C16H26N2O2/c1-4-16(3,19-5-2)15(18-17)12-7-6-8-14(11-12)20-13-9-10-13/h6-8,11,13,15,18H,4-5,9-10,17H2,1-3H3. The first-order chi connectivity index (χ1) is 9.62. The van der Waals surface area contributed by atoms with Crippen LogP contribution in [0, 0.1) is 0 Å². The molecule has 0 aliphatic heterocycles. The lowest BCUT2D eigenvalue weighted by Gasteiger charge is -2.36. The van der Waals surface area contributed by atoms with Crippen LogP contribution in [0.25, 0.3) is 0 Å². The molecular formula is C16H26N2O2. The van der Waals surface area contributed by atoms with Gasteiger partial charge in [0.25, 0.3) is 0 Å². The van der Waals surface area contributed by atoms with Gasteiger partial charge in [-0.2, -0.15) is 0 Å². The molecule has 4 heteroatoms. The van der Waals surface area contributed by atoms with Gasteiger partial charge in [0.05, 0.1) is 17.7 Å². The quantitative estimate of drug-likeness (QED) is 0.567. The predicted molar refractivity (Wildman–Crippen MR) is 80.5 cm³/mol. The summed E-state index contributed by atoms with van der Waals surface area (Å²) in [5, 5.41) is 0. The molecule has 1 aliphatic rings. The van der Waals surface area contributed by atoms with Crippen LogP contribution in [0.3, 0.4) is 0 Å². The summed E-state index contributed by atoms with van der Waals surface area (Å²) >= 11 is 0. The maximum Gasteiger partial charge on any atom is 0.120 e. The zero-order chi connectivity index (χ0) is 14.6. The van der Waals surface area contributed by atoms with Crippen LogP contribution in [-0.4, -0.2) is 18.3 Å². The first-order valence-electron chi connectivity index (χ1n) is 7.49. The maximum atomic E-state index is 5.94. The Morgan fingerprint density at radius 2 is 2.15 bits per heavy atom. The summed E-state index contributed by atoms with van der Waals surface area (Å²) in [4.78, 5) is 0. The lowest BCUT2D eigenvalue weighted by Crippen LogP contribution is -2.46. The molecule has 0 amide bonds. The Hall–Kier alpha value is -1.10. The Bertz CT molecular complexity index is 434. The van der Waals surface area contributed by atoms with Gasteiger partial charge in [-0.15, -0.1) is 0 Å². The van der Waals surface area contributed by atoms with Gasteiger partial charge >= 0.3 is 0 Å². The van der Waals surface area contributed by atoms with Crippen molar-refractivity contribution in [2.75, 3.05) is 6.61 Å². The second kappa shape index (κ2) is 6.57. The lowest BCUT2D eigenvalue weighted by atomic mass is 9.88. The van der Waals surface area contributed by atoms with Crippen molar-refractivity contribution in [2.24, 2.45) is 5.84 Å². The van der Waals surface area contributed by atoms with E-state index in [1.807, 2.05) is 19.1 Å². The summed E-state index contributed by atoms with van der Waals surface area (Å²) in [6.07, 6.45) is 3.60. The first-order valence-corrected chi connectivity index (χ1v) is 7.49. The molecule has 1 aliphatic carbocycles. The molecule has 2 rings (SSSR count). The van der Waals surface area contributed by atoms with E-state index in [1.54, 1.807) is 0 Å². The van der Waals surface area contributed by atoms with Crippen molar-refractivity contribution in [3.05, 3.63) is 29.8 Å². The lowest BCUT2D eigenvalue weighted by molar-refractivity contribution is -0.0564. The number of ether oxygens (including phenoxy) is 2. The van der Waals surface area contributed by atoms with E-state index in [1.165, 1.54) is 0 Å². The molecule has 2 unspecified atom stereocenters. The number of nitrogens with one attached hydrogen (secondary N) is 1. The van der Waals surface area contributed by atoms with E-state index < -0.39 is 0 Å². The summed E-state index contributed by atoms with van der Waals surface area (Å²) in [6.45, 7) is 6.88. The number of hydrogen-bond acceptors (Lipinski definition) is 4. The average Bonchev–Trinajstić information content (AvgIpc) is 3.24. The van der Waals surface area contributed by atoms with Crippen molar-refractivity contribution >= 4 is 0 Å². The highest BCUT2D eigenvalue weighted by atomic mass is 16.5. The van der Waals surface area contributed by atoms with E-state index in [2.05, 4.69) is 31.4 Å². The highest BCUT2D eigenvalue weighted by molar-refractivity contribution is 5.32. The van der Waals surface area contributed by atoms with Crippen molar-refractivity contribution in [3.63, 3.8) is 0 Å². The van der Waals surface area contributed by atoms with Gasteiger partial charge in [0, 0.05) is 6.61 Å². The van der Waals surface area contributed by atoms with Crippen LogP contribution in [0.2, 0.25) is 0 Å². The smallest absolute Gasteiger partial charge is 0.120 e. The Morgan fingerprint density at radius 3 is 2.70 bits per heavy atom. The van der Waals surface area contributed by atoms with Gasteiger partial charge in [-0.3, -0.25) is 11.3 Å². The highest BCUT2D eigenvalue weighted by Gasteiger charge is 2.34. The Kier molecular flexibility index (Phi) is 5.02. The van der Waals surface area contributed by atoms with Crippen molar-refractivity contribution in [2.45, 2.75) is 57.8 Å². The van der Waals surface area contributed by atoms with Gasteiger partial charge in [0.2, 0.25) is 0 Å². The minimum absolute atomic E-state index is 0.0600. The highest BCUT2D eigenvalue weighted by Crippen LogP contribution is 2.34. The van der Waals surface area contributed by atoms with Crippen molar-refractivity contribution < 1.29 is 9.47 Å². The molecule has 1 aromatic carbocycles. The van der Waals surface area contributed by atoms with Crippen LogP contribution in [0.1, 0.15) is 51.6 Å². The van der Waals surface area contributed by atoms with Crippen LogP contribution in [0.4, 0.5) is 0 Å². The molecule has 1 aromatic rings. The fourth-order valence-corrected chi connectivity index (χ4v) is 2.49. The van der Waals surface area contributed by atoms with Gasteiger partial charge in [-0.25, -0.2) is 0 Å². The predicted octanol–water partition coefficient (Wildman–Crippen LogP) is 2.94. The molecule has 20 heavy (non-hydrogen) atoms. The monoisotopic (exact) mass is 278 g/mol. The third kappa shape index (κ3) is 3.51. The molecule has 0 aromatic heterocycles. The van der Waals surface area contributed by atoms with Gasteiger partial charge in [-0.05, 0) is 50.8 Å². The number of hydrogen-bond donors (Lipinski definition) is 2. The SMILES string of the molecule is CCOC(C)(CC)C(NN)c1cccc(OC2CC2)c1. The van der Waals surface area contributed by atoms with Gasteiger partial charge in [0.15, 0.2) is 0 Å². The van der Waals surface area contributed by atoms with E-state index >= 15 is 0 Å². The Labute approximate surface area is 121 Å². The first kappa shape index (κ1) is 15.3. The van der Waals surface area contributed by atoms with Gasteiger partial charge < -0.3 is 9.47 Å². The molecular weight excluding hydrogens is 252 g/mol. The van der Waals surface area contributed by atoms with Crippen molar-refractivity contribution in [3.8, 4) is 5.75 Å². The summed E-state index contributed by atoms with van der Waals surface area (Å²) < 4.78 is 11.8. The van der Waals surface area contributed by atoms with Crippen LogP contribution in [0.5, 0.6) is 5.75 Å². The molecule has 0 spiro atoms. The number of rotatable bonds is 8. The number of benzene rings is 1. The number of hydrazine groups is 1. The minimum atomic E-state index is -0.332. The normalized spacial score (nSPS) is 19.4. The summed E-state index contributed by atoms with van der Waals surface area (Å²) in [7, 11) is 0. The average molecular weight is 278 g/mol. The third-order valence-electron chi connectivity index (χ3n) is 3.97. The van der Waals surface area contributed by atoms with Gasteiger partial charge in [0.1, 0.15) is 5.75 Å². The molecule has 0 bridgehead atoms. The summed E-state index contributed by atoms with van der Waals surface area (Å²) in [5.74, 6) is 6.71. The topological polar surface area (TPSA) is 56.5 Å². The fraction of sp³-hybridized carbons (Fsp3) is 0.625.